The summed E-state index contributed by atoms with van der Waals surface area (Å²) in [5, 5.41) is 16.9. The Hall–Kier alpha value is -1.81. The second-order valence-electron chi connectivity index (χ2n) is 8.29. The molecule has 1 saturated carbocycles. The molecule has 1 aliphatic carbocycles. The van der Waals surface area contributed by atoms with Crippen LogP contribution in [0.1, 0.15) is 51.3 Å². The Balaban J connectivity index is 1.62. The summed E-state index contributed by atoms with van der Waals surface area (Å²) < 4.78 is 42.1. The van der Waals surface area contributed by atoms with Crippen molar-refractivity contribution in [3.63, 3.8) is 0 Å². The molecule has 2 fully saturated rings. The molecule has 1 aromatic rings. The maximum Gasteiger partial charge on any atom is 0.424 e. The molecule has 2 heterocycles. The van der Waals surface area contributed by atoms with E-state index in [0.717, 1.165) is 19.5 Å². The van der Waals surface area contributed by atoms with Gasteiger partial charge in [-0.25, -0.2) is 4.98 Å². The largest absolute Gasteiger partial charge is 0.424 e. The summed E-state index contributed by atoms with van der Waals surface area (Å²) in [7, 11) is 1.43. The second-order valence-corrected chi connectivity index (χ2v) is 8.29. The number of halogens is 3. The van der Waals surface area contributed by atoms with Gasteiger partial charge in [-0.1, -0.05) is 12.8 Å². The van der Waals surface area contributed by atoms with Crippen LogP contribution in [0.2, 0.25) is 0 Å². The first-order valence-electron chi connectivity index (χ1n) is 10.8. The van der Waals surface area contributed by atoms with Crippen LogP contribution in [-0.4, -0.2) is 70.0 Å². The van der Waals surface area contributed by atoms with Crippen LogP contribution in [0.15, 0.2) is 17.4 Å². The number of aromatic nitrogens is 2. The molecular formula is C20H33F3N6O. The number of likely N-dealkylation sites (tertiary alicyclic amines) is 1. The molecule has 0 spiro atoms. The number of aliphatic hydroxyl groups is 1. The zero-order valence-electron chi connectivity index (χ0n) is 17.8. The van der Waals surface area contributed by atoms with Gasteiger partial charge in [-0.05, 0) is 26.2 Å². The van der Waals surface area contributed by atoms with Crippen LogP contribution >= 0.6 is 0 Å². The van der Waals surface area contributed by atoms with Gasteiger partial charge in [-0.2, -0.15) is 13.2 Å². The quantitative estimate of drug-likeness (QED) is 0.456. The third-order valence-corrected chi connectivity index (χ3v) is 6.15. The number of aryl methyl sites for hydroxylation is 1. The van der Waals surface area contributed by atoms with E-state index in [0.29, 0.717) is 18.5 Å². The summed E-state index contributed by atoms with van der Waals surface area (Å²) in [6.45, 7) is 4.30. The molecule has 2 aliphatic rings. The maximum absolute atomic E-state index is 13.7. The number of hydrogen-bond donors (Lipinski definition) is 3. The van der Waals surface area contributed by atoms with E-state index in [1.807, 2.05) is 6.92 Å². The summed E-state index contributed by atoms with van der Waals surface area (Å²) in [4.78, 5) is 10.6. The highest BCUT2D eigenvalue weighted by atomic mass is 19.4. The Morgan fingerprint density at radius 3 is 2.63 bits per heavy atom. The third-order valence-electron chi connectivity index (χ3n) is 6.15. The Morgan fingerprint density at radius 2 is 2.03 bits per heavy atom. The molecule has 7 nitrogen and oxygen atoms in total. The molecular weight excluding hydrogens is 397 g/mol. The molecule has 0 aromatic carbocycles. The van der Waals surface area contributed by atoms with Crippen molar-refractivity contribution in [1.82, 2.24) is 25.1 Å². The van der Waals surface area contributed by atoms with E-state index in [9.17, 15) is 18.3 Å². The first-order valence-corrected chi connectivity index (χ1v) is 10.8. The van der Waals surface area contributed by atoms with E-state index in [-0.39, 0.29) is 12.6 Å². The number of nitrogens with one attached hydrogen (secondary N) is 2. The Bertz CT molecular complexity index is 716. The number of guanidine groups is 1. The topological polar surface area (TPSA) is 77.7 Å². The van der Waals surface area contributed by atoms with Gasteiger partial charge in [0.05, 0.1) is 0 Å². The van der Waals surface area contributed by atoms with Gasteiger partial charge in [0, 0.05) is 64.1 Å². The standard InChI is InChI=1S/C20H33F3N6O/c1-3-24-18(27-15-8-12-29(14-15)16-6-4-5-7-16)26-10-9-19(30,20(21,22)23)17-25-11-13-28(17)2/h11,13,15-16,30H,3-10,12,14H2,1-2H3,(H2,24,26,27). The lowest BCUT2D eigenvalue weighted by atomic mass is 9.98. The van der Waals surface area contributed by atoms with Crippen LogP contribution in [0.4, 0.5) is 13.2 Å². The molecule has 1 aliphatic heterocycles. The second kappa shape index (κ2) is 9.55. The number of hydrogen-bond acceptors (Lipinski definition) is 4. The fourth-order valence-corrected chi connectivity index (χ4v) is 4.49. The molecule has 30 heavy (non-hydrogen) atoms. The summed E-state index contributed by atoms with van der Waals surface area (Å²) in [6.07, 6.45) is 3.27. The van der Waals surface area contributed by atoms with E-state index < -0.39 is 24.0 Å². The van der Waals surface area contributed by atoms with Crippen LogP contribution < -0.4 is 10.6 Å². The van der Waals surface area contributed by atoms with Gasteiger partial charge in [0.15, 0.2) is 5.96 Å². The van der Waals surface area contributed by atoms with Crippen molar-refractivity contribution in [3.8, 4) is 0 Å². The molecule has 2 atom stereocenters. The predicted molar refractivity (Wildman–Crippen MR) is 109 cm³/mol. The van der Waals surface area contributed by atoms with E-state index >= 15 is 0 Å². The monoisotopic (exact) mass is 430 g/mol. The first kappa shape index (κ1) is 22.9. The highest BCUT2D eigenvalue weighted by Crippen LogP contribution is 2.40. The summed E-state index contributed by atoms with van der Waals surface area (Å²) in [5.41, 5.74) is -3.04. The van der Waals surface area contributed by atoms with Crippen molar-refractivity contribution < 1.29 is 18.3 Å². The minimum absolute atomic E-state index is 0.183. The van der Waals surface area contributed by atoms with Crippen molar-refractivity contribution >= 4 is 5.96 Å². The van der Waals surface area contributed by atoms with Crippen LogP contribution in [0.5, 0.6) is 0 Å². The van der Waals surface area contributed by atoms with Crippen molar-refractivity contribution in [2.24, 2.45) is 12.0 Å². The number of rotatable bonds is 7. The van der Waals surface area contributed by atoms with Gasteiger partial charge < -0.3 is 20.3 Å². The lowest BCUT2D eigenvalue weighted by Crippen LogP contribution is -2.46. The highest BCUT2D eigenvalue weighted by molar-refractivity contribution is 5.80. The van der Waals surface area contributed by atoms with Gasteiger partial charge in [0.25, 0.3) is 0 Å². The Labute approximate surface area is 175 Å². The van der Waals surface area contributed by atoms with Crippen LogP contribution in [0.3, 0.4) is 0 Å². The van der Waals surface area contributed by atoms with Crippen molar-refractivity contribution in [3.05, 3.63) is 18.2 Å². The van der Waals surface area contributed by atoms with E-state index in [1.165, 1.54) is 49.7 Å². The van der Waals surface area contributed by atoms with E-state index in [4.69, 9.17) is 0 Å². The SMILES string of the molecule is CCNC(=NCCC(O)(c1nccn1C)C(F)(F)F)NC1CCN(C2CCCC2)C1. The van der Waals surface area contributed by atoms with Gasteiger partial charge in [-0.15, -0.1) is 0 Å². The summed E-state index contributed by atoms with van der Waals surface area (Å²) >= 11 is 0. The van der Waals surface area contributed by atoms with Crippen molar-refractivity contribution in [1.29, 1.82) is 0 Å². The molecule has 2 unspecified atom stereocenters. The van der Waals surface area contributed by atoms with Gasteiger partial charge in [-0.3, -0.25) is 9.89 Å². The smallest absolute Gasteiger partial charge is 0.374 e. The van der Waals surface area contributed by atoms with Crippen LogP contribution in [0, 0.1) is 0 Å². The zero-order valence-corrected chi connectivity index (χ0v) is 17.8. The van der Waals surface area contributed by atoms with E-state index in [2.05, 4.69) is 25.5 Å². The minimum Gasteiger partial charge on any atom is -0.374 e. The lowest BCUT2D eigenvalue weighted by Gasteiger charge is -2.29. The molecule has 0 bridgehead atoms. The lowest BCUT2D eigenvalue weighted by molar-refractivity contribution is -0.272. The maximum atomic E-state index is 13.7. The Kier molecular flexibility index (Phi) is 7.28. The van der Waals surface area contributed by atoms with Crippen molar-refractivity contribution in [2.75, 3.05) is 26.2 Å². The molecule has 170 valence electrons. The van der Waals surface area contributed by atoms with Crippen LogP contribution in [0.25, 0.3) is 0 Å². The fourth-order valence-electron chi connectivity index (χ4n) is 4.49. The molecule has 3 rings (SSSR count). The molecule has 0 radical (unpaired) electrons. The average Bonchev–Trinajstić information content (AvgIpc) is 3.42. The van der Waals surface area contributed by atoms with Gasteiger partial charge in [0.2, 0.25) is 5.60 Å². The summed E-state index contributed by atoms with van der Waals surface area (Å²) in [6, 6.07) is 0.885. The fraction of sp³-hybridized carbons (Fsp3) is 0.800. The molecule has 0 amide bonds. The molecule has 1 aromatic heterocycles. The van der Waals surface area contributed by atoms with E-state index in [1.54, 1.807) is 0 Å². The van der Waals surface area contributed by atoms with Crippen LogP contribution in [-0.2, 0) is 12.6 Å². The summed E-state index contributed by atoms with van der Waals surface area (Å²) in [5.74, 6) is 0.0614. The third kappa shape index (κ3) is 5.08. The Morgan fingerprint density at radius 1 is 1.30 bits per heavy atom. The highest BCUT2D eigenvalue weighted by Gasteiger charge is 2.57. The molecule has 10 heteroatoms. The van der Waals surface area contributed by atoms with Gasteiger partial charge >= 0.3 is 6.18 Å². The first-order chi connectivity index (χ1) is 14.2. The number of alkyl halides is 3. The molecule has 3 N–H and O–H groups in total. The normalized spacial score (nSPS) is 23.7. The molecule has 1 saturated heterocycles. The number of nitrogens with zero attached hydrogens (tertiary/aromatic N) is 4. The van der Waals surface area contributed by atoms with Gasteiger partial charge in [0.1, 0.15) is 5.82 Å². The zero-order chi connectivity index (χ0) is 21.8. The minimum atomic E-state index is -4.85. The number of aliphatic imine (C=N–C) groups is 1. The number of imidazole rings is 1. The predicted octanol–water partition coefficient (Wildman–Crippen LogP) is 2.13. The van der Waals surface area contributed by atoms with Crippen molar-refractivity contribution in [2.45, 2.75) is 69.3 Å². The average molecular weight is 431 g/mol.